The van der Waals surface area contributed by atoms with E-state index in [2.05, 4.69) is 10.3 Å². The molecule has 1 heterocycles. The van der Waals surface area contributed by atoms with E-state index in [1.165, 1.54) is 12.1 Å². The van der Waals surface area contributed by atoms with Crippen molar-refractivity contribution in [2.75, 3.05) is 11.9 Å². The van der Waals surface area contributed by atoms with Crippen LogP contribution in [0, 0.1) is 5.82 Å². The third-order valence-corrected chi connectivity index (χ3v) is 3.72. The fraction of sp³-hybridized carbons (Fsp3) is 0.235. The van der Waals surface area contributed by atoms with E-state index in [1.807, 2.05) is 19.9 Å². The van der Waals surface area contributed by atoms with Crippen molar-refractivity contribution < 1.29 is 14.0 Å². The quantitative estimate of drug-likeness (QED) is 0.883. The standard InChI is InChI=1S/C17H19FN4O2/c1-3-22(11(2)12-5-4-8-20-10-12)17(24)21-13-6-7-14(16(19)23)15(18)9-13/h4-11H,3H2,1-2H3,(H2,19,23)(H,21,24)/t11-/m0/s1. The number of nitrogens with two attached hydrogens (primary N) is 1. The van der Waals surface area contributed by atoms with Gasteiger partial charge in [-0.2, -0.15) is 0 Å². The van der Waals surface area contributed by atoms with Crippen molar-refractivity contribution in [2.24, 2.45) is 5.73 Å². The molecule has 3 N–H and O–H groups in total. The predicted molar refractivity (Wildman–Crippen MR) is 89.0 cm³/mol. The maximum atomic E-state index is 13.8. The summed E-state index contributed by atoms with van der Waals surface area (Å²) in [6, 6.07) is 6.86. The van der Waals surface area contributed by atoms with E-state index in [-0.39, 0.29) is 23.3 Å². The second-order valence-corrected chi connectivity index (χ2v) is 5.24. The Bertz CT molecular complexity index is 737. The van der Waals surface area contributed by atoms with Crippen molar-refractivity contribution in [1.82, 2.24) is 9.88 Å². The molecule has 0 spiro atoms. The number of primary amides is 1. The first-order valence-corrected chi connectivity index (χ1v) is 7.51. The van der Waals surface area contributed by atoms with Crippen molar-refractivity contribution in [3.05, 3.63) is 59.7 Å². The fourth-order valence-corrected chi connectivity index (χ4v) is 2.38. The molecule has 0 aliphatic carbocycles. The SMILES string of the molecule is CCN(C(=O)Nc1ccc(C(N)=O)c(F)c1)[C@@H](C)c1cccnc1. The first kappa shape index (κ1) is 17.4. The number of pyridine rings is 1. The van der Waals surface area contributed by atoms with E-state index >= 15 is 0 Å². The van der Waals surface area contributed by atoms with Crippen LogP contribution in [0.3, 0.4) is 0 Å². The molecule has 0 saturated carbocycles. The molecule has 126 valence electrons. The van der Waals surface area contributed by atoms with Crippen LogP contribution in [0.2, 0.25) is 0 Å². The number of hydrogen-bond acceptors (Lipinski definition) is 3. The molecule has 0 radical (unpaired) electrons. The van der Waals surface area contributed by atoms with Crippen LogP contribution >= 0.6 is 0 Å². The second kappa shape index (κ2) is 7.54. The number of carbonyl (C=O) groups is 2. The van der Waals surface area contributed by atoms with Crippen LogP contribution in [-0.2, 0) is 0 Å². The molecule has 6 nitrogen and oxygen atoms in total. The summed E-state index contributed by atoms with van der Waals surface area (Å²) in [5, 5.41) is 2.63. The minimum absolute atomic E-state index is 0.196. The van der Waals surface area contributed by atoms with Gasteiger partial charge in [-0.25, -0.2) is 9.18 Å². The van der Waals surface area contributed by atoms with E-state index in [1.54, 1.807) is 23.4 Å². The molecule has 2 rings (SSSR count). The Balaban J connectivity index is 2.15. The Morgan fingerprint density at radius 2 is 2.12 bits per heavy atom. The average molecular weight is 330 g/mol. The van der Waals surface area contributed by atoms with Crippen molar-refractivity contribution in [1.29, 1.82) is 0 Å². The van der Waals surface area contributed by atoms with Crippen LogP contribution < -0.4 is 11.1 Å². The maximum absolute atomic E-state index is 13.8. The van der Waals surface area contributed by atoms with Crippen LogP contribution in [0.1, 0.15) is 35.8 Å². The fourth-order valence-electron chi connectivity index (χ4n) is 2.38. The maximum Gasteiger partial charge on any atom is 0.322 e. The zero-order valence-electron chi connectivity index (χ0n) is 13.5. The Labute approximate surface area is 139 Å². The average Bonchev–Trinajstić information content (AvgIpc) is 2.56. The minimum Gasteiger partial charge on any atom is -0.366 e. The molecule has 0 unspecified atom stereocenters. The normalized spacial score (nSPS) is 11.6. The van der Waals surface area contributed by atoms with Gasteiger partial charge in [-0.3, -0.25) is 9.78 Å². The highest BCUT2D eigenvalue weighted by atomic mass is 19.1. The number of nitrogens with zero attached hydrogens (tertiary/aromatic N) is 2. The van der Waals surface area contributed by atoms with Gasteiger partial charge in [-0.05, 0) is 43.7 Å². The molecule has 0 saturated heterocycles. The number of nitrogens with one attached hydrogen (secondary N) is 1. The van der Waals surface area contributed by atoms with Gasteiger partial charge >= 0.3 is 6.03 Å². The highest BCUT2D eigenvalue weighted by Crippen LogP contribution is 2.21. The number of aromatic nitrogens is 1. The molecule has 0 aliphatic rings. The molecule has 3 amide bonds. The molecule has 1 aromatic heterocycles. The predicted octanol–water partition coefficient (Wildman–Crippen LogP) is 2.93. The molecular formula is C17H19FN4O2. The lowest BCUT2D eigenvalue weighted by molar-refractivity contribution is 0.0996. The van der Waals surface area contributed by atoms with Gasteiger partial charge in [0.05, 0.1) is 11.6 Å². The van der Waals surface area contributed by atoms with Gasteiger partial charge in [0.2, 0.25) is 0 Å². The van der Waals surface area contributed by atoms with E-state index in [4.69, 9.17) is 5.73 Å². The van der Waals surface area contributed by atoms with Crippen LogP contribution in [0.15, 0.2) is 42.7 Å². The van der Waals surface area contributed by atoms with Crippen molar-refractivity contribution >= 4 is 17.6 Å². The molecule has 7 heteroatoms. The lowest BCUT2D eigenvalue weighted by Gasteiger charge is -2.28. The molecule has 2 aromatic rings. The van der Waals surface area contributed by atoms with Gasteiger partial charge < -0.3 is 16.0 Å². The minimum atomic E-state index is -0.856. The topological polar surface area (TPSA) is 88.3 Å². The summed E-state index contributed by atoms with van der Waals surface area (Å²) in [5.74, 6) is -1.63. The summed E-state index contributed by atoms with van der Waals surface area (Å²) in [7, 11) is 0. The third kappa shape index (κ3) is 3.87. The van der Waals surface area contributed by atoms with Gasteiger partial charge in [-0.15, -0.1) is 0 Å². The summed E-state index contributed by atoms with van der Waals surface area (Å²) >= 11 is 0. The first-order chi connectivity index (χ1) is 11.4. The van der Waals surface area contributed by atoms with Gasteiger partial charge in [0, 0.05) is 24.6 Å². The Morgan fingerprint density at radius 3 is 2.67 bits per heavy atom. The van der Waals surface area contributed by atoms with Gasteiger partial charge in [0.15, 0.2) is 0 Å². The van der Waals surface area contributed by atoms with Crippen molar-refractivity contribution in [2.45, 2.75) is 19.9 Å². The highest BCUT2D eigenvalue weighted by Gasteiger charge is 2.20. The zero-order chi connectivity index (χ0) is 17.7. The number of halogens is 1. The summed E-state index contributed by atoms with van der Waals surface area (Å²) in [6.07, 6.45) is 3.36. The summed E-state index contributed by atoms with van der Waals surface area (Å²) in [5.41, 5.74) is 5.98. The van der Waals surface area contributed by atoms with E-state index in [0.717, 1.165) is 11.6 Å². The number of rotatable bonds is 5. The van der Waals surface area contributed by atoms with E-state index in [9.17, 15) is 14.0 Å². The van der Waals surface area contributed by atoms with Gasteiger partial charge in [-0.1, -0.05) is 6.07 Å². The number of urea groups is 1. The van der Waals surface area contributed by atoms with Crippen molar-refractivity contribution in [3.63, 3.8) is 0 Å². The van der Waals surface area contributed by atoms with Gasteiger partial charge in [0.1, 0.15) is 5.82 Å². The summed E-state index contributed by atoms with van der Waals surface area (Å²) in [6.45, 7) is 4.20. The van der Waals surface area contributed by atoms with E-state index in [0.29, 0.717) is 6.54 Å². The Kier molecular flexibility index (Phi) is 5.47. The molecule has 1 atom stereocenters. The second-order valence-electron chi connectivity index (χ2n) is 5.24. The van der Waals surface area contributed by atoms with Crippen LogP contribution in [0.4, 0.5) is 14.9 Å². The molecule has 0 aliphatic heterocycles. The lowest BCUT2D eigenvalue weighted by Crippen LogP contribution is -2.37. The van der Waals surface area contributed by atoms with Crippen LogP contribution in [-0.4, -0.2) is 28.4 Å². The van der Waals surface area contributed by atoms with Crippen LogP contribution in [0.5, 0.6) is 0 Å². The zero-order valence-corrected chi connectivity index (χ0v) is 13.5. The van der Waals surface area contributed by atoms with Crippen LogP contribution in [0.25, 0.3) is 0 Å². The Hall–Kier alpha value is -2.96. The summed E-state index contributed by atoms with van der Waals surface area (Å²) < 4.78 is 13.8. The molecular weight excluding hydrogens is 311 g/mol. The number of benzene rings is 1. The first-order valence-electron chi connectivity index (χ1n) is 7.51. The highest BCUT2D eigenvalue weighted by molar-refractivity contribution is 5.94. The largest absolute Gasteiger partial charge is 0.366 e. The van der Waals surface area contributed by atoms with E-state index < -0.39 is 11.7 Å². The smallest absolute Gasteiger partial charge is 0.322 e. The monoisotopic (exact) mass is 330 g/mol. The molecule has 24 heavy (non-hydrogen) atoms. The Morgan fingerprint density at radius 1 is 1.38 bits per heavy atom. The summed E-state index contributed by atoms with van der Waals surface area (Å²) in [4.78, 5) is 29.2. The molecule has 1 aromatic carbocycles. The molecule has 0 bridgehead atoms. The third-order valence-electron chi connectivity index (χ3n) is 3.72. The number of amides is 3. The number of carbonyl (C=O) groups excluding carboxylic acids is 2. The number of anilines is 1. The molecule has 0 fully saturated rings. The van der Waals surface area contributed by atoms with Crippen molar-refractivity contribution in [3.8, 4) is 0 Å². The van der Waals surface area contributed by atoms with Gasteiger partial charge in [0.25, 0.3) is 5.91 Å². The number of hydrogen-bond donors (Lipinski definition) is 2. The lowest BCUT2D eigenvalue weighted by atomic mass is 10.1.